The molecule has 4 rings (SSSR count). The predicted molar refractivity (Wildman–Crippen MR) is 124 cm³/mol. The molecule has 0 fully saturated rings. The Bertz CT molecular complexity index is 1430. The number of nitrogens with zero attached hydrogens (tertiary/aromatic N) is 1. The first kappa shape index (κ1) is 21.5. The average molecular weight is 448 g/mol. The summed E-state index contributed by atoms with van der Waals surface area (Å²) in [7, 11) is -2.25. The van der Waals surface area contributed by atoms with Crippen LogP contribution in [0, 0.1) is 6.92 Å². The van der Waals surface area contributed by atoms with E-state index in [0.717, 1.165) is 11.1 Å². The second-order valence-electron chi connectivity index (χ2n) is 7.28. The van der Waals surface area contributed by atoms with Gasteiger partial charge < -0.3 is 10.1 Å². The van der Waals surface area contributed by atoms with Crippen molar-refractivity contribution in [3.05, 3.63) is 83.9 Å². The maximum absolute atomic E-state index is 13.3. The molecule has 0 aliphatic heterocycles. The van der Waals surface area contributed by atoms with E-state index in [2.05, 4.69) is 5.32 Å². The molecule has 1 heterocycles. The van der Waals surface area contributed by atoms with E-state index >= 15 is 0 Å². The number of anilines is 1. The quantitative estimate of drug-likeness (QED) is 0.478. The van der Waals surface area contributed by atoms with Crippen LogP contribution in [0.1, 0.15) is 15.9 Å². The fraction of sp³-hybridized carbons (Fsp3) is 0.0833. The Kier molecular flexibility index (Phi) is 5.65. The van der Waals surface area contributed by atoms with Gasteiger partial charge in [0, 0.05) is 16.6 Å². The number of pyridine rings is 1. The number of rotatable bonds is 5. The number of methoxy groups -OCH3 is 1. The smallest absolute Gasteiger partial charge is 0.256 e. The second kappa shape index (κ2) is 8.41. The van der Waals surface area contributed by atoms with E-state index in [9.17, 15) is 13.2 Å². The van der Waals surface area contributed by atoms with Gasteiger partial charge in [-0.2, -0.15) is 0 Å². The Hall–Kier alpha value is -3.75. The van der Waals surface area contributed by atoms with E-state index in [1.165, 1.54) is 24.3 Å². The van der Waals surface area contributed by atoms with Gasteiger partial charge in [0.2, 0.25) is 10.0 Å². The highest BCUT2D eigenvalue weighted by molar-refractivity contribution is 7.89. The molecule has 1 amide bonds. The number of aromatic nitrogens is 1. The minimum atomic E-state index is -3.81. The fourth-order valence-corrected chi connectivity index (χ4v) is 3.96. The zero-order valence-corrected chi connectivity index (χ0v) is 18.3. The van der Waals surface area contributed by atoms with Gasteiger partial charge in [0.25, 0.3) is 5.91 Å². The molecular formula is C24H21N3O4S. The molecule has 7 nitrogen and oxygen atoms in total. The Morgan fingerprint density at radius 1 is 1.00 bits per heavy atom. The number of amides is 1. The lowest BCUT2D eigenvalue weighted by atomic mass is 10.0. The Morgan fingerprint density at radius 2 is 1.72 bits per heavy atom. The van der Waals surface area contributed by atoms with Crippen molar-refractivity contribution in [1.82, 2.24) is 4.98 Å². The number of hydrogen-bond acceptors (Lipinski definition) is 5. The third kappa shape index (κ3) is 4.32. The highest BCUT2D eigenvalue weighted by Gasteiger charge is 2.16. The van der Waals surface area contributed by atoms with E-state index in [1.54, 1.807) is 25.3 Å². The van der Waals surface area contributed by atoms with Crippen molar-refractivity contribution in [2.45, 2.75) is 11.8 Å². The van der Waals surface area contributed by atoms with Gasteiger partial charge in [-0.05, 0) is 61.0 Å². The van der Waals surface area contributed by atoms with Crippen molar-refractivity contribution in [2.75, 3.05) is 12.4 Å². The summed E-state index contributed by atoms with van der Waals surface area (Å²) in [6.45, 7) is 1.99. The Labute approximate surface area is 185 Å². The van der Waals surface area contributed by atoms with Crippen LogP contribution in [-0.4, -0.2) is 26.4 Å². The summed E-state index contributed by atoms with van der Waals surface area (Å²) >= 11 is 0. The summed E-state index contributed by atoms with van der Waals surface area (Å²) < 4.78 is 28.3. The first-order valence-electron chi connectivity index (χ1n) is 9.75. The van der Waals surface area contributed by atoms with E-state index in [-0.39, 0.29) is 10.8 Å². The molecule has 162 valence electrons. The lowest BCUT2D eigenvalue weighted by Crippen LogP contribution is -2.14. The largest absolute Gasteiger partial charge is 0.497 e. The minimum Gasteiger partial charge on any atom is -0.497 e. The lowest BCUT2D eigenvalue weighted by molar-refractivity contribution is 0.102. The SMILES string of the molecule is COc1ccc2nc(-c3ccccc3C)cc(C(=O)Nc3ccc(S(N)(=O)=O)cc3)c2c1. The van der Waals surface area contributed by atoms with Crippen LogP contribution in [0.15, 0.2) is 77.7 Å². The number of carbonyl (C=O) groups excluding carboxylic acids is 1. The highest BCUT2D eigenvalue weighted by atomic mass is 32.2. The van der Waals surface area contributed by atoms with Gasteiger partial charge >= 0.3 is 0 Å². The maximum atomic E-state index is 13.3. The summed E-state index contributed by atoms with van der Waals surface area (Å²) in [4.78, 5) is 18.0. The summed E-state index contributed by atoms with van der Waals surface area (Å²) in [6.07, 6.45) is 0. The van der Waals surface area contributed by atoms with E-state index in [4.69, 9.17) is 14.9 Å². The van der Waals surface area contributed by atoms with Crippen LogP contribution in [0.2, 0.25) is 0 Å². The molecule has 0 radical (unpaired) electrons. The molecule has 8 heteroatoms. The van der Waals surface area contributed by atoms with Gasteiger partial charge in [0.1, 0.15) is 5.75 Å². The van der Waals surface area contributed by atoms with Crippen molar-refractivity contribution < 1.29 is 17.9 Å². The summed E-state index contributed by atoms with van der Waals surface area (Å²) in [5.74, 6) is 0.248. The minimum absolute atomic E-state index is 0.0311. The van der Waals surface area contributed by atoms with Crippen LogP contribution in [0.4, 0.5) is 5.69 Å². The fourth-order valence-electron chi connectivity index (χ4n) is 3.44. The molecule has 0 saturated heterocycles. The normalized spacial score (nSPS) is 11.3. The Morgan fingerprint density at radius 3 is 2.38 bits per heavy atom. The highest BCUT2D eigenvalue weighted by Crippen LogP contribution is 2.30. The number of primary sulfonamides is 1. The molecule has 0 spiro atoms. The maximum Gasteiger partial charge on any atom is 0.256 e. The molecule has 0 bridgehead atoms. The number of sulfonamides is 1. The monoisotopic (exact) mass is 447 g/mol. The second-order valence-corrected chi connectivity index (χ2v) is 8.84. The summed E-state index contributed by atoms with van der Waals surface area (Å²) in [6, 6.07) is 20.6. The zero-order valence-electron chi connectivity index (χ0n) is 17.5. The number of nitrogens with two attached hydrogens (primary N) is 1. The molecule has 32 heavy (non-hydrogen) atoms. The number of aryl methyl sites for hydroxylation is 1. The standard InChI is InChI=1S/C24H21N3O4S/c1-15-5-3-4-6-19(15)23-14-21(20-13-17(31-2)9-12-22(20)27-23)24(28)26-16-7-10-18(11-8-16)32(25,29)30/h3-14H,1-2H3,(H,26,28)(H2,25,29,30). The number of benzene rings is 3. The van der Waals surface area contributed by atoms with E-state index < -0.39 is 10.0 Å². The molecular weight excluding hydrogens is 426 g/mol. The Balaban J connectivity index is 1.80. The number of carbonyl (C=O) groups is 1. The summed E-state index contributed by atoms with van der Waals surface area (Å²) in [5, 5.41) is 8.59. The van der Waals surface area contributed by atoms with E-state index in [0.29, 0.717) is 33.6 Å². The topological polar surface area (TPSA) is 111 Å². The van der Waals surface area contributed by atoms with Crippen LogP contribution in [0.3, 0.4) is 0 Å². The summed E-state index contributed by atoms with van der Waals surface area (Å²) in [5.41, 5.74) is 4.15. The van der Waals surface area contributed by atoms with Gasteiger partial charge in [-0.25, -0.2) is 18.5 Å². The first-order valence-corrected chi connectivity index (χ1v) is 11.3. The van der Waals surface area contributed by atoms with Crippen molar-refractivity contribution in [1.29, 1.82) is 0 Å². The number of nitrogens with one attached hydrogen (secondary N) is 1. The van der Waals surface area contributed by atoms with Crippen LogP contribution in [0.5, 0.6) is 5.75 Å². The molecule has 1 aromatic heterocycles. The predicted octanol–water partition coefficient (Wildman–Crippen LogP) is 4.12. The number of ether oxygens (including phenoxy) is 1. The van der Waals surface area contributed by atoms with Crippen molar-refractivity contribution in [3.63, 3.8) is 0 Å². The molecule has 0 aliphatic carbocycles. The molecule has 0 aliphatic rings. The lowest BCUT2D eigenvalue weighted by Gasteiger charge is -2.13. The molecule has 0 unspecified atom stereocenters. The van der Waals surface area contributed by atoms with Gasteiger partial charge in [-0.15, -0.1) is 0 Å². The molecule has 0 atom stereocenters. The van der Waals surface area contributed by atoms with Gasteiger partial charge in [-0.1, -0.05) is 24.3 Å². The molecule has 4 aromatic rings. The van der Waals surface area contributed by atoms with E-state index in [1.807, 2.05) is 37.3 Å². The molecule has 3 N–H and O–H groups in total. The van der Waals surface area contributed by atoms with Crippen LogP contribution >= 0.6 is 0 Å². The van der Waals surface area contributed by atoms with Gasteiger partial charge in [0.15, 0.2) is 0 Å². The van der Waals surface area contributed by atoms with Crippen molar-refractivity contribution >= 4 is 32.5 Å². The molecule has 0 saturated carbocycles. The van der Waals surface area contributed by atoms with Crippen molar-refractivity contribution in [2.24, 2.45) is 5.14 Å². The third-order valence-corrected chi connectivity index (χ3v) is 6.05. The van der Waals surface area contributed by atoms with Crippen LogP contribution in [0.25, 0.3) is 22.2 Å². The first-order chi connectivity index (χ1) is 15.3. The average Bonchev–Trinajstić information content (AvgIpc) is 2.78. The number of fused-ring (bicyclic) bond motifs is 1. The van der Waals surface area contributed by atoms with Crippen LogP contribution < -0.4 is 15.2 Å². The van der Waals surface area contributed by atoms with Crippen LogP contribution in [-0.2, 0) is 10.0 Å². The number of hydrogen-bond donors (Lipinski definition) is 2. The van der Waals surface area contributed by atoms with Gasteiger partial charge in [-0.3, -0.25) is 4.79 Å². The third-order valence-electron chi connectivity index (χ3n) is 5.12. The molecule has 3 aromatic carbocycles. The van der Waals surface area contributed by atoms with Crippen molar-refractivity contribution in [3.8, 4) is 17.0 Å². The van der Waals surface area contributed by atoms with Gasteiger partial charge in [0.05, 0.1) is 28.8 Å². The zero-order chi connectivity index (χ0) is 22.9.